The molecule has 0 aliphatic rings. The first-order valence-corrected chi connectivity index (χ1v) is 9.26. The molecule has 0 unspecified atom stereocenters. The fourth-order valence-corrected chi connectivity index (χ4v) is 3.29. The summed E-state index contributed by atoms with van der Waals surface area (Å²) in [6, 6.07) is 4.63. The largest absolute Gasteiger partial charge is 0.284 e. The number of nitrogens with one attached hydrogen (secondary N) is 2. The summed E-state index contributed by atoms with van der Waals surface area (Å²) in [7, 11) is -6.68. The maximum Gasteiger partial charge on any atom is 0.232 e. The Morgan fingerprint density at radius 1 is 1.11 bits per heavy atom. The number of rotatable bonds is 6. The minimum atomic E-state index is -3.34. The average molecular weight is 306 g/mol. The summed E-state index contributed by atoms with van der Waals surface area (Å²) >= 11 is 0. The van der Waals surface area contributed by atoms with Gasteiger partial charge < -0.3 is 0 Å². The van der Waals surface area contributed by atoms with Gasteiger partial charge in [0.15, 0.2) is 0 Å². The van der Waals surface area contributed by atoms with Gasteiger partial charge in [0, 0.05) is 5.69 Å². The second-order valence-corrected chi connectivity index (χ2v) is 7.92. The van der Waals surface area contributed by atoms with Crippen LogP contribution in [0.4, 0.5) is 11.4 Å². The molecule has 0 amide bonds. The van der Waals surface area contributed by atoms with Crippen molar-refractivity contribution in [1.82, 2.24) is 0 Å². The molecule has 0 heterocycles. The minimum absolute atomic E-state index is 0.0510. The number of hydrogen-bond acceptors (Lipinski definition) is 4. The van der Waals surface area contributed by atoms with E-state index in [1.807, 2.05) is 0 Å². The molecule has 0 radical (unpaired) electrons. The molecule has 0 saturated carbocycles. The number of benzene rings is 1. The molecule has 0 saturated heterocycles. The first-order valence-electron chi connectivity index (χ1n) is 5.72. The lowest BCUT2D eigenvalue weighted by atomic mass is 10.2. The number of sulfonamides is 2. The highest BCUT2D eigenvalue weighted by Crippen LogP contribution is 2.21. The van der Waals surface area contributed by atoms with Gasteiger partial charge in [0.25, 0.3) is 0 Å². The predicted molar refractivity (Wildman–Crippen MR) is 77.3 cm³/mol. The zero-order chi connectivity index (χ0) is 14.7. The van der Waals surface area contributed by atoms with Gasteiger partial charge in [-0.1, -0.05) is 6.92 Å². The molecule has 108 valence electrons. The number of aryl methyl sites for hydroxylation is 1. The Kier molecular flexibility index (Phi) is 4.81. The molecule has 1 aromatic carbocycles. The van der Waals surface area contributed by atoms with Crippen molar-refractivity contribution in [2.45, 2.75) is 20.3 Å². The van der Waals surface area contributed by atoms with Crippen LogP contribution in [0.25, 0.3) is 0 Å². The van der Waals surface area contributed by atoms with Crippen molar-refractivity contribution in [2.24, 2.45) is 0 Å². The zero-order valence-electron chi connectivity index (χ0n) is 11.1. The molecule has 0 bridgehead atoms. The van der Waals surface area contributed by atoms with Gasteiger partial charge in [-0.3, -0.25) is 9.44 Å². The van der Waals surface area contributed by atoms with Crippen LogP contribution in [0.2, 0.25) is 0 Å². The fourth-order valence-electron chi connectivity index (χ4n) is 1.54. The molecule has 8 heteroatoms. The smallest absolute Gasteiger partial charge is 0.232 e. The van der Waals surface area contributed by atoms with E-state index >= 15 is 0 Å². The van der Waals surface area contributed by atoms with Crippen molar-refractivity contribution in [3.8, 4) is 0 Å². The Hall–Kier alpha value is -1.28. The lowest BCUT2D eigenvalue weighted by molar-refractivity contribution is 0.599. The average Bonchev–Trinajstić information content (AvgIpc) is 2.19. The highest BCUT2D eigenvalue weighted by atomic mass is 32.2. The Morgan fingerprint density at radius 3 is 2.21 bits per heavy atom. The molecule has 0 fully saturated rings. The van der Waals surface area contributed by atoms with Crippen LogP contribution in [-0.2, 0) is 20.0 Å². The summed E-state index contributed by atoms with van der Waals surface area (Å²) in [6.45, 7) is 3.48. The van der Waals surface area contributed by atoms with Crippen molar-refractivity contribution in [3.05, 3.63) is 23.8 Å². The van der Waals surface area contributed by atoms with E-state index in [0.717, 1.165) is 6.26 Å². The maximum absolute atomic E-state index is 11.6. The Balaban J connectivity index is 2.95. The van der Waals surface area contributed by atoms with Crippen LogP contribution in [0.5, 0.6) is 0 Å². The van der Waals surface area contributed by atoms with E-state index in [-0.39, 0.29) is 5.75 Å². The molecule has 0 aliphatic carbocycles. The van der Waals surface area contributed by atoms with E-state index < -0.39 is 20.0 Å². The molecular formula is C11H18N2O4S2. The molecule has 2 N–H and O–H groups in total. The van der Waals surface area contributed by atoms with Gasteiger partial charge in [-0.2, -0.15) is 0 Å². The van der Waals surface area contributed by atoms with Gasteiger partial charge in [-0.05, 0) is 37.1 Å². The Bertz CT molecular complexity index is 651. The summed E-state index contributed by atoms with van der Waals surface area (Å²) in [6.07, 6.45) is 1.59. The van der Waals surface area contributed by atoms with E-state index in [0.29, 0.717) is 23.4 Å². The van der Waals surface area contributed by atoms with E-state index in [2.05, 4.69) is 9.44 Å². The van der Waals surface area contributed by atoms with Crippen LogP contribution in [-0.4, -0.2) is 28.8 Å². The van der Waals surface area contributed by atoms with Gasteiger partial charge in [0.2, 0.25) is 20.0 Å². The van der Waals surface area contributed by atoms with Crippen LogP contribution in [0.3, 0.4) is 0 Å². The summed E-state index contributed by atoms with van der Waals surface area (Å²) in [5.74, 6) is 0.0510. The van der Waals surface area contributed by atoms with Crippen molar-refractivity contribution in [1.29, 1.82) is 0 Å². The van der Waals surface area contributed by atoms with Crippen molar-refractivity contribution >= 4 is 31.4 Å². The fraction of sp³-hybridized carbons (Fsp3) is 0.455. The monoisotopic (exact) mass is 306 g/mol. The van der Waals surface area contributed by atoms with Crippen LogP contribution >= 0.6 is 0 Å². The summed E-state index contributed by atoms with van der Waals surface area (Å²) in [5, 5.41) is 0. The van der Waals surface area contributed by atoms with E-state index in [1.54, 1.807) is 19.9 Å². The second-order valence-electron chi connectivity index (χ2n) is 4.32. The first-order chi connectivity index (χ1) is 8.63. The summed E-state index contributed by atoms with van der Waals surface area (Å²) in [4.78, 5) is 0. The van der Waals surface area contributed by atoms with Gasteiger partial charge in [0.05, 0.1) is 17.7 Å². The third-order valence-corrected chi connectivity index (χ3v) is 4.35. The number of anilines is 2. The second kappa shape index (κ2) is 5.79. The molecule has 6 nitrogen and oxygen atoms in total. The SMILES string of the molecule is CCCS(=O)(=O)Nc1ccc(NS(C)(=O)=O)c(C)c1. The molecule has 19 heavy (non-hydrogen) atoms. The molecule has 1 rings (SSSR count). The third-order valence-electron chi connectivity index (χ3n) is 2.27. The van der Waals surface area contributed by atoms with Crippen molar-refractivity contribution < 1.29 is 16.8 Å². The molecule has 0 atom stereocenters. The third kappa shape index (κ3) is 5.48. The molecular weight excluding hydrogens is 288 g/mol. The Morgan fingerprint density at radius 2 is 1.74 bits per heavy atom. The first kappa shape index (κ1) is 15.8. The maximum atomic E-state index is 11.6. The molecule has 1 aromatic rings. The van der Waals surface area contributed by atoms with E-state index in [9.17, 15) is 16.8 Å². The van der Waals surface area contributed by atoms with Crippen LogP contribution in [0.1, 0.15) is 18.9 Å². The lowest BCUT2D eigenvalue weighted by Crippen LogP contribution is -2.16. The lowest BCUT2D eigenvalue weighted by Gasteiger charge is -2.11. The normalized spacial score (nSPS) is 12.2. The number of hydrogen-bond donors (Lipinski definition) is 2. The van der Waals surface area contributed by atoms with Crippen LogP contribution in [0.15, 0.2) is 18.2 Å². The van der Waals surface area contributed by atoms with Crippen molar-refractivity contribution in [3.63, 3.8) is 0 Å². The highest BCUT2D eigenvalue weighted by molar-refractivity contribution is 7.92. The predicted octanol–water partition coefficient (Wildman–Crippen LogP) is 1.52. The standard InChI is InChI=1S/C11H18N2O4S2/c1-4-7-19(16,17)12-10-5-6-11(9(2)8-10)13-18(3,14)15/h5-6,8,12-13H,4,7H2,1-3H3. The van der Waals surface area contributed by atoms with Crippen molar-refractivity contribution in [2.75, 3.05) is 21.5 Å². The summed E-state index contributed by atoms with van der Waals surface area (Å²) < 4.78 is 50.3. The van der Waals surface area contributed by atoms with Gasteiger partial charge in [0.1, 0.15) is 0 Å². The van der Waals surface area contributed by atoms with Crippen LogP contribution in [0, 0.1) is 6.92 Å². The van der Waals surface area contributed by atoms with Crippen LogP contribution < -0.4 is 9.44 Å². The Labute approximate surface area is 114 Å². The highest BCUT2D eigenvalue weighted by Gasteiger charge is 2.10. The van der Waals surface area contributed by atoms with E-state index in [4.69, 9.17) is 0 Å². The van der Waals surface area contributed by atoms with Gasteiger partial charge in [-0.15, -0.1) is 0 Å². The molecule has 0 aliphatic heterocycles. The van der Waals surface area contributed by atoms with Gasteiger partial charge >= 0.3 is 0 Å². The zero-order valence-corrected chi connectivity index (χ0v) is 12.7. The molecule has 0 aromatic heterocycles. The minimum Gasteiger partial charge on any atom is -0.284 e. The van der Waals surface area contributed by atoms with E-state index in [1.165, 1.54) is 12.1 Å². The topological polar surface area (TPSA) is 92.3 Å². The molecule has 0 spiro atoms. The summed E-state index contributed by atoms with van der Waals surface area (Å²) in [5.41, 5.74) is 1.49. The quantitative estimate of drug-likeness (QED) is 0.833. The van der Waals surface area contributed by atoms with Gasteiger partial charge in [-0.25, -0.2) is 16.8 Å².